The van der Waals surface area contributed by atoms with E-state index in [4.69, 9.17) is 5.32 Å². The monoisotopic (exact) mass is 234 g/mol. The molecular weight excluding hydrogens is 218 g/mol. The first-order valence-corrected chi connectivity index (χ1v) is 6.65. The van der Waals surface area contributed by atoms with Crippen LogP contribution >= 0.6 is 0 Å². The van der Waals surface area contributed by atoms with Crippen molar-refractivity contribution in [2.45, 2.75) is 24.8 Å². The third-order valence-electron chi connectivity index (χ3n) is 4.61. The van der Waals surface area contributed by atoms with Crippen molar-refractivity contribution in [1.82, 2.24) is 5.32 Å². The van der Waals surface area contributed by atoms with Crippen LogP contribution in [0.25, 0.3) is 0 Å². The lowest BCUT2D eigenvalue weighted by Crippen LogP contribution is -2.17. The zero-order chi connectivity index (χ0) is 12.2. The van der Waals surface area contributed by atoms with E-state index in [0.717, 1.165) is 6.42 Å². The SMILES string of the molecule is C[C@]12[N]c3ccccc3[C@@H]1[C@H]2Cc1ccccc1. The van der Waals surface area contributed by atoms with E-state index in [-0.39, 0.29) is 5.54 Å². The van der Waals surface area contributed by atoms with Crippen molar-refractivity contribution < 1.29 is 0 Å². The number of hydrogen-bond donors (Lipinski definition) is 0. The third-order valence-corrected chi connectivity index (χ3v) is 4.61. The Morgan fingerprint density at radius 3 is 2.56 bits per heavy atom. The molecule has 18 heavy (non-hydrogen) atoms. The van der Waals surface area contributed by atoms with Crippen molar-refractivity contribution in [3.8, 4) is 0 Å². The molecule has 0 saturated heterocycles. The Balaban J connectivity index is 1.62. The number of hydrogen-bond acceptors (Lipinski definition) is 0. The second-order valence-electron chi connectivity index (χ2n) is 5.67. The fraction of sp³-hybridized carbons (Fsp3) is 0.294. The first-order chi connectivity index (χ1) is 8.79. The Hall–Kier alpha value is -1.76. The second kappa shape index (κ2) is 3.38. The van der Waals surface area contributed by atoms with Gasteiger partial charge in [-0.2, -0.15) is 0 Å². The standard InChI is InChI=1S/C17H16N/c1-17-14(11-12-7-3-2-4-8-12)16(17)13-9-5-6-10-15(13)18-17/h2-10,14,16H,11H2,1H3/t14-,16-,17-/m1/s1. The summed E-state index contributed by atoms with van der Waals surface area (Å²) >= 11 is 0. The van der Waals surface area contributed by atoms with E-state index in [0.29, 0.717) is 11.8 Å². The van der Waals surface area contributed by atoms with Crippen molar-refractivity contribution in [3.05, 3.63) is 65.7 Å². The van der Waals surface area contributed by atoms with Gasteiger partial charge in [-0.1, -0.05) is 48.5 Å². The molecule has 0 bridgehead atoms. The molecule has 1 fully saturated rings. The van der Waals surface area contributed by atoms with Crippen molar-refractivity contribution in [2.75, 3.05) is 0 Å². The van der Waals surface area contributed by atoms with Gasteiger partial charge in [-0.3, -0.25) is 5.32 Å². The molecule has 1 heterocycles. The van der Waals surface area contributed by atoms with Crippen LogP contribution in [0.4, 0.5) is 5.69 Å². The minimum Gasteiger partial charge on any atom is -0.278 e. The van der Waals surface area contributed by atoms with Gasteiger partial charge in [0.05, 0.1) is 11.2 Å². The fourth-order valence-electron chi connectivity index (χ4n) is 3.58. The Morgan fingerprint density at radius 1 is 1.00 bits per heavy atom. The predicted octanol–water partition coefficient (Wildman–Crippen LogP) is 3.65. The summed E-state index contributed by atoms with van der Waals surface area (Å²) in [7, 11) is 0. The molecule has 2 aromatic carbocycles. The fourth-order valence-corrected chi connectivity index (χ4v) is 3.58. The minimum absolute atomic E-state index is 0.166. The van der Waals surface area contributed by atoms with Crippen LogP contribution in [0.5, 0.6) is 0 Å². The van der Waals surface area contributed by atoms with E-state index in [1.807, 2.05) is 0 Å². The maximum atomic E-state index is 4.94. The zero-order valence-electron chi connectivity index (χ0n) is 10.5. The summed E-state index contributed by atoms with van der Waals surface area (Å²) in [6, 6.07) is 19.4. The number of nitrogens with zero attached hydrogens (tertiary/aromatic N) is 1. The normalized spacial score (nSPS) is 31.4. The average molecular weight is 234 g/mol. The molecule has 1 saturated carbocycles. The van der Waals surface area contributed by atoms with Gasteiger partial charge in [0, 0.05) is 5.92 Å². The summed E-state index contributed by atoms with van der Waals surface area (Å²) < 4.78 is 0. The van der Waals surface area contributed by atoms with Gasteiger partial charge >= 0.3 is 0 Å². The molecule has 4 rings (SSSR count). The van der Waals surface area contributed by atoms with Gasteiger partial charge in [-0.15, -0.1) is 0 Å². The van der Waals surface area contributed by atoms with Crippen molar-refractivity contribution in [1.29, 1.82) is 0 Å². The highest BCUT2D eigenvalue weighted by Crippen LogP contribution is 2.66. The summed E-state index contributed by atoms with van der Waals surface area (Å²) in [5.41, 5.74) is 4.28. The summed E-state index contributed by atoms with van der Waals surface area (Å²) in [6.07, 6.45) is 1.15. The Morgan fingerprint density at radius 2 is 1.72 bits per heavy atom. The third kappa shape index (κ3) is 1.28. The van der Waals surface area contributed by atoms with Crippen LogP contribution < -0.4 is 5.32 Å². The van der Waals surface area contributed by atoms with E-state index in [9.17, 15) is 0 Å². The van der Waals surface area contributed by atoms with Gasteiger partial charge in [0.15, 0.2) is 0 Å². The molecule has 2 aromatic rings. The molecule has 89 valence electrons. The maximum absolute atomic E-state index is 4.94. The number of fused-ring (bicyclic) bond motifs is 3. The van der Waals surface area contributed by atoms with Gasteiger partial charge in [-0.05, 0) is 36.5 Å². The summed E-state index contributed by atoms with van der Waals surface area (Å²) in [5, 5.41) is 4.94. The molecular formula is C17H16N. The van der Waals surface area contributed by atoms with E-state index in [2.05, 4.69) is 61.5 Å². The van der Waals surface area contributed by atoms with Crippen LogP contribution in [0.2, 0.25) is 0 Å². The lowest BCUT2D eigenvalue weighted by Gasteiger charge is -2.11. The second-order valence-corrected chi connectivity index (χ2v) is 5.67. The molecule has 1 aliphatic carbocycles. The van der Waals surface area contributed by atoms with Crippen LogP contribution in [0, 0.1) is 5.92 Å². The molecule has 1 radical (unpaired) electrons. The molecule has 3 atom stereocenters. The highest BCUT2D eigenvalue weighted by Gasteiger charge is 2.66. The molecule has 2 aliphatic rings. The van der Waals surface area contributed by atoms with Gasteiger partial charge < -0.3 is 0 Å². The van der Waals surface area contributed by atoms with Crippen LogP contribution in [-0.4, -0.2) is 5.54 Å². The van der Waals surface area contributed by atoms with E-state index < -0.39 is 0 Å². The largest absolute Gasteiger partial charge is 0.278 e. The summed E-state index contributed by atoms with van der Waals surface area (Å²) in [4.78, 5) is 0. The van der Waals surface area contributed by atoms with E-state index >= 15 is 0 Å². The average Bonchev–Trinajstić information content (AvgIpc) is 2.82. The lowest BCUT2D eigenvalue weighted by atomic mass is 10.0. The van der Waals surface area contributed by atoms with Crippen molar-refractivity contribution in [3.63, 3.8) is 0 Å². The number of benzene rings is 2. The first-order valence-electron chi connectivity index (χ1n) is 6.65. The molecule has 0 spiro atoms. The van der Waals surface area contributed by atoms with Crippen molar-refractivity contribution >= 4 is 5.69 Å². The number of rotatable bonds is 2. The minimum atomic E-state index is 0.166. The van der Waals surface area contributed by atoms with Gasteiger partial charge in [0.1, 0.15) is 0 Å². The quantitative estimate of drug-likeness (QED) is 0.753. The highest BCUT2D eigenvalue weighted by molar-refractivity contribution is 5.60. The Kier molecular flexibility index (Phi) is 1.91. The molecule has 0 unspecified atom stereocenters. The smallest absolute Gasteiger partial charge is 0.0698 e. The Bertz CT molecular complexity index is 590. The van der Waals surface area contributed by atoms with Crippen LogP contribution in [0.1, 0.15) is 24.0 Å². The maximum Gasteiger partial charge on any atom is 0.0698 e. The molecule has 1 aliphatic heterocycles. The summed E-state index contributed by atoms with van der Waals surface area (Å²) in [5.74, 6) is 1.34. The van der Waals surface area contributed by atoms with Crippen LogP contribution in [-0.2, 0) is 6.42 Å². The topological polar surface area (TPSA) is 14.1 Å². The predicted molar refractivity (Wildman–Crippen MR) is 73.0 cm³/mol. The van der Waals surface area contributed by atoms with Gasteiger partial charge in [-0.25, -0.2) is 0 Å². The number of para-hydroxylation sites is 1. The molecule has 0 amide bonds. The van der Waals surface area contributed by atoms with Gasteiger partial charge in [0.25, 0.3) is 0 Å². The van der Waals surface area contributed by atoms with E-state index in [1.165, 1.54) is 16.8 Å². The van der Waals surface area contributed by atoms with Gasteiger partial charge in [0.2, 0.25) is 0 Å². The summed E-state index contributed by atoms with van der Waals surface area (Å²) in [6.45, 7) is 2.31. The highest BCUT2D eigenvalue weighted by atomic mass is 15.1. The molecule has 0 N–H and O–H groups in total. The molecule has 1 heteroatoms. The van der Waals surface area contributed by atoms with E-state index in [1.54, 1.807) is 0 Å². The molecule has 0 aromatic heterocycles. The zero-order valence-corrected chi connectivity index (χ0v) is 10.5. The molecule has 1 nitrogen and oxygen atoms in total. The van der Waals surface area contributed by atoms with Crippen molar-refractivity contribution in [2.24, 2.45) is 5.92 Å². The lowest BCUT2D eigenvalue weighted by molar-refractivity contribution is 0.566. The van der Waals surface area contributed by atoms with Crippen LogP contribution in [0.15, 0.2) is 54.6 Å². The Labute approximate surface area is 108 Å². The van der Waals surface area contributed by atoms with Crippen LogP contribution in [0.3, 0.4) is 0 Å². The first kappa shape index (κ1) is 10.2.